The highest BCUT2D eigenvalue weighted by Gasteiger charge is 2.51. The van der Waals surface area contributed by atoms with Gasteiger partial charge in [0.1, 0.15) is 30.5 Å². The molecule has 0 saturated carbocycles. The van der Waals surface area contributed by atoms with Crippen molar-refractivity contribution in [2.75, 3.05) is 13.2 Å². The van der Waals surface area contributed by atoms with Crippen LogP contribution in [0, 0.1) is 0 Å². The van der Waals surface area contributed by atoms with E-state index in [2.05, 4.69) is 5.32 Å². The summed E-state index contributed by atoms with van der Waals surface area (Å²) in [4.78, 5) is 36.5. The molecule has 2 aliphatic rings. The number of nitrogens with one attached hydrogen (secondary N) is 1. The average molecular weight is 476 g/mol. The van der Waals surface area contributed by atoms with Crippen molar-refractivity contribution in [1.82, 2.24) is 10.2 Å². The first-order chi connectivity index (χ1) is 15.3. The Labute approximate surface area is 190 Å². The first-order valence-corrected chi connectivity index (χ1v) is 10.6. The molecule has 1 fully saturated rings. The van der Waals surface area contributed by atoms with Gasteiger partial charge in [0.05, 0.1) is 12.3 Å². The Hall–Kier alpha value is -2.29. The van der Waals surface area contributed by atoms with Crippen LogP contribution in [0.1, 0.15) is 40.0 Å². The number of carboxylic acids is 1. The summed E-state index contributed by atoms with van der Waals surface area (Å²) in [6.45, 7) is 3.44. The summed E-state index contributed by atoms with van der Waals surface area (Å²) in [5.74, 6) is -2.77. The van der Waals surface area contributed by atoms with Gasteiger partial charge in [-0.3, -0.25) is 9.59 Å². The maximum Gasteiger partial charge on any atom is 0.326 e. The van der Waals surface area contributed by atoms with Gasteiger partial charge in [0.25, 0.3) is 5.78 Å². The molecule has 0 aromatic carbocycles. The highest BCUT2D eigenvalue weighted by molar-refractivity contribution is 6.02. The molecule has 2 heterocycles. The fourth-order valence-electron chi connectivity index (χ4n) is 3.88. The Morgan fingerprint density at radius 1 is 1.21 bits per heavy atom. The van der Waals surface area contributed by atoms with Gasteiger partial charge in [-0.05, 0) is 33.1 Å². The summed E-state index contributed by atoms with van der Waals surface area (Å²) in [7, 11) is 0. The predicted octanol–water partition coefficient (Wildman–Crippen LogP) is -2.61. The monoisotopic (exact) mass is 476 g/mol. The molecular formula is C20H32N2O11. The number of unbranched alkanes of at least 4 members (excludes halogenated alkanes) is 1. The standard InChI is InChI=1S/C20H32N2O11/c1-9-16(33-19-15(27)14(26)13(25)12(8-23)32-19)17(28)20(3,31)22(9)7-5-4-6-11(18(29)30)21-10(2)24/h11-15,19,23,25-27,31H,4-8H2,1-3H3,(H,21,24)(H,29,30)/t11?,12-,13+,14+,15-,19-,20?/m1/s1. The van der Waals surface area contributed by atoms with Gasteiger partial charge in [-0.25, -0.2) is 4.79 Å². The number of ketones is 1. The molecule has 0 bridgehead atoms. The second kappa shape index (κ2) is 10.8. The number of carbonyl (C=O) groups is 3. The van der Waals surface area contributed by atoms with Crippen molar-refractivity contribution in [3.8, 4) is 0 Å². The summed E-state index contributed by atoms with van der Waals surface area (Å²) in [5, 5.41) is 61.5. The lowest BCUT2D eigenvalue weighted by molar-refractivity contribution is -0.291. The second-order valence-corrected chi connectivity index (χ2v) is 8.32. The molecular weight excluding hydrogens is 444 g/mol. The predicted molar refractivity (Wildman–Crippen MR) is 109 cm³/mol. The van der Waals surface area contributed by atoms with E-state index >= 15 is 0 Å². The van der Waals surface area contributed by atoms with Gasteiger partial charge in [0.2, 0.25) is 17.9 Å². The second-order valence-electron chi connectivity index (χ2n) is 8.32. The molecule has 33 heavy (non-hydrogen) atoms. The molecule has 2 aliphatic heterocycles. The maximum atomic E-state index is 12.8. The van der Waals surface area contributed by atoms with E-state index < -0.39 is 66.7 Å². The molecule has 7 atom stereocenters. The third-order valence-corrected chi connectivity index (χ3v) is 5.78. The van der Waals surface area contributed by atoms with E-state index in [1.165, 1.54) is 25.7 Å². The van der Waals surface area contributed by atoms with Crippen LogP contribution in [0.3, 0.4) is 0 Å². The first-order valence-electron chi connectivity index (χ1n) is 10.6. The van der Waals surface area contributed by atoms with Crippen LogP contribution < -0.4 is 5.32 Å². The number of nitrogens with zero attached hydrogens (tertiary/aromatic N) is 1. The number of allylic oxidation sites excluding steroid dienone is 1. The van der Waals surface area contributed by atoms with Crippen LogP contribution in [0.5, 0.6) is 0 Å². The Balaban J connectivity index is 2.07. The SMILES string of the molecule is CC(=O)NC(CCCCN1C(C)=C(O[C@H]2O[C@H](CO)[C@H](O)[C@H](O)[C@H]2O)C(=O)C1(C)O)C(=O)O. The molecule has 0 radical (unpaired) electrons. The molecule has 2 unspecified atom stereocenters. The Bertz CT molecular complexity index is 782. The zero-order valence-electron chi connectivity index (χ0n) is 18.7. The van der Waals surface area contributed by atoms with Crippen molar-refractivity contribution >= 4 is 17.7 Å². The Morgan fingerprint density at radius 3 is 2.39 bits per heavy atom. The summed E-state index contributed by atoms with van der Waals surface area (Å²) in [6.07, 6.45) is -6.93. The third kappa shape index (κ3) is 5.80. The number of amides is 1. The van der Waals surface area contributed by atoms with E-state index in [1.807, 2.05) is 0 Å². The summed E-state index contributed by atoms with van der Waals surface area (Å²) >= 11 is 0. The van der Waals surface area contributed by atoms with Crippen LogP contribution in [0.15, 0.2) is 11.5 Å². The summed E-state index contributed by atoms with van der Waals surface area (Å²) < 4.78 is 10.7. The molecule has 1 amide bonds. The van der Waals surface area contributed by atoms with Gasteiger partial charge in [-0.15, -0.1) is 0 Å². The minimum atomic E-state index is -1.99. The Kier molecular flexibility index (Phi) is 8.79. The number of carboxylic acid groups (broad SMARTS) is 1. The summed E-state index contributed by atoms with van der Waals surface area (Å²) in [6, 6.07) is -1.05. The van der Waals surface area contributed by atoms with Crippen molar-refractivity contribution in [2.45, 2.75) is 82.5 Å². The quantitative estimate of drug-likeness (QED) is 0.162. The van der Waals surface area contributed by atoms with Gasteiger partial charge >= 0.3 is 5.97 Å². The number of ether oxygens (including phenoxy) is 2. The van der Waals surface area contributed by atoms with Crippen LogP contribution in [0.2, 0.25) is 0 Å². The van der Waals surface area contributed by atoms with E-state index in [9.17, 15) is 39.9 Å². The van der Waals surface area contributed by atoms with E-state index in [0.717, 1.165) is 0 Å². The van der Waals surface area contributed by atoms with E-state index in [-0.39, 0.29) is 24.4 Å². The normalized spacial score (nSPS) is 33.3. The van der Waals surface area contributed by atoms with Crippen molar-refractivity contribution < 1.29 is 54.5 Å². The number of Topliss-reactive ketones (excluding diaryl/α,β-unsaturated/α-hetero) is 1. The lowest BCUT2D eigenvalue weighted by Crippen LogP contribution is -2.59. The Morgan fingerprint density at radius 2 is 1.85 bits per heavy atom. The molecule has 0 aliphatic carbocycles. The van der Waals surface area contributed by atoms with Gasteiger partial charge in [0.15, 0.2) is 5.76 Å². The zero-order chi connectivity index (χ0) is 25.1. The minimum Gasteiger partial charge on any atom is -0.480 e. The highest BCUT2D eigenvalue weighted by atomic mass is 16.7. The van der Waals surface area contributed by atoms with E-state index in [4.69, 9.17) is 14.6 Å². The highest BCUT2D eigenvalue weighted by Crippen LogP contribution is 2.35. The molecule has 188 valence electrons. The molecule has 0 aromatic rings. The largest absolute Gasteiger partial charge is 0.480 e. The number of aliphatic hydroxyl groups excluding tert-OH is 4. The third-order valence-electron chi connectivity index (χ3n) is 5.78. The smallest absolute Gasteiger partial charge is 0.326 e. The number of rotatable bonds is 10. The molecule has 2 rings (SSSR count). The van der Waals surface area contributed by atoms with E-state index in [0.29, 0.717) is 12.8 Å². The number of hydrogen-bond donors (Lipinski definition) is 7. The van der Waals surface area contributed by atoms with Crippen molar-refractivity contribution in [2.24, 2.45) is 0 Å². The topological polar surface area (TPSA) is 206 Å². The minimum absolute atomic E-state index is 0.149. The number of hydrogen-bond acceptors (Lipinski definition) is 11. The van der Waals surface area contributed by atoms with Gasteiger partial charge < -0.3 is 50.3 Å². The van der Waals surface area contributed by atoms with Crippen molar-refractivity contribution in [3.05, 3.63) is 11.5 Å². The first kappa shape index (κ1) is 27.0. The van der Waals surface area contributed by atoms with Crippen molar-refractivity contribution in [1.29, 1.82) is 0 Å². The van der Waals surface area contributed by atoms with Crippen molar-refractivity contribution in [3.63, 3.8) is 0 Å². The van der Waals surface area contributed by atoms with E-state index in [1.54, 1.807) is 0 Å². The van der Waals surface area contributed by atoms with Gasteiger partial charge in [-0.2, -0.15) is 0 Å². The van der Waals surface area contributed by atoms with Gasteiger partial charge in [0, 0.05) is 13.5 Å². The fourth-order valence-corrected chi connectivity index (χ4v) is 3.88. The number of carbonyl (C=O) groups excluding carboxylic acids is 2. The summed E-state index contributed by atoms with van der Waals surface area (Å²) in [5.41, 5.74) is -1.77. The van der Waals surface area contributed by atoms with Crippen LogP contribution >= 0.6 is 0 Å². The number of aliphatic carboxylic acids is 1. The fraction of sp³-hybridized carbons (Fsp3) is 0.750. The maximum absolute atomic E-state index is 12.8. The van der Waals surface area contributed by atoms with Gasteiger partial charge in [-0.1, -0.05) is 0 Å². The van der Waals surface area contributed by atoms with Crippen LogP contribution in [-0.2, 0) is 23.9 Å². The lowest BCUT2D eigenvalue weighted by atomic mass is 9.99. The molecule has 1 saturated heterocycles. The average Bonchev–Trinajstić information content (AvgIpc) is 2.89. The molecule has 0 spiro atoms. The lowest BCUT2D eigenvalue weighted by Gasteiger charge is -2.39. The molecule has 13 heteroatoms. The van der Waals surface area contributed by atoms with Crippen LogP contribution in [0.4, 0.5) is 0 Å². The number of aliphatic hydroxyl groups is 5. The molecule has 13 nitrogen and oxygen atoms in total. The van der Waals surface area contributed by atoms with Crippen LogP contribution in [-0.4, -0.2) is 109 Å². The molecule has 7 N–H and O–H groups in total. The zero-order valence-corrected chi connectivity index (χ0v) is 18.7. The molecule has 0 aromatic heterocycles. The van der Waals surface area contributed by atoms with Crippen LogP contribution in [0.25, 0.3) is 0 Å².